The van der Waals surface area contributed by atoms with Crippen LogP contribution in [0.15, 0.2) is 84.0 Å². The van der Waals surface area contributed by atoms with E-state index in [9.17, 15) is 18.5 Å². The van der Waals surface area contributed by atoms with E-state index in [4.69, 9.17) is 4.74 Å². The number of carbonyl (C=O) groups excluding carboxylic acids is 1. The third kappa shape index (κ3) is 4.31. The number of aromatic nitrogens is 1. The largest absolute Gasteiger partial charge is 0.457 e. The third-order valence-corrected chi connectivity index (χ3v) is 7.18. The number of nitriles is 1. The number of hydrogen-bond donors (Lipinski definition) is 0. The van der Waals surface area contributed by atoms with Crippen LogP contribution in [0, 0.1) is 18.3 Å². The highest BCUT2D eigenvalue weighted by Gasteiger charge is 2.21. The standard InChI is InChI=1S/C25H21N3O4S/c1-18-6-12-22(13-7-18)33(30,31)27(2)21-10-8-19(9-11-21)25(29)32-17-20-16-28-14-4-3-5-24(28)23(20)15-26/h3-14,16H,17H2,1-2H3. The van der Waals surface area contributed by atoms with E-state index in [2.05, 4.69) is 6.07 Å². The van der Waals surface area contributed by atoms with E-state index in [1.165, 1.54) is 23.5 Å². The number of sulfonamides is 1. The van der Waals surface area contributed by atoms with Crippen molar-refractivity contribution < 1.29 is 17.9 Å². The van der Waals surface area contributed by atoms with Crippen LogP contribution in [0.25, 0.3) is 5.52 Å². The predicted molar refractivity (Wildman–Crippen MR) is 124 cm³/mol. The predicted octanol–water partition coefficient (Wildman–Crippen LogP) is 4.30. The second-order valence-corrected chi connectivity index (χ2v) is 9.51. The monoisotopic (exact) mass is 459 g/mol. The van der Waals surface area contributed by atoms with Crippen molar-refractivity contribution in [3.8, 4) is 6.07 Å². The molecule has 0 unspecified atom stereocenters. The Hall–Kier alpha value is -4.09. The summed E-state index contributed by atoms with van der Waals surface area (Å²) in [7, 11) is -2.26. The zero-order valence-corrected chi connectivity index (χ0v) is 18.9. The van der Waals surface area contributed by atoms with Crippen LogP contribution in [0.4, 0.5) is 5.69 Å². The highest BCUT2D eigenvalue weighted by molar-refractivity contribution is 7.92. The Morgan fingerprint density at radius 2 is 1.76 bits per heavy atom. The molecule has 2 aromatic carbocycles. The Morgan fingerprint density at radius 3 is 2.42 bits per heavy atom. The minimum absolute atomic E-state index is 0.0487. The van der Waals surface area contributed by atoms with Crippen LogP contribution in [0.5, 0.6) is 0 Å². The number of hydrogen-bond acceptors (Lipinski definition) is 5. The Kier molecular flexibility index (Phi) is 5.90. The molecule has 2 heterocycles. The first kappa shape index (κ1) is 22.1. The molecule has 0 aliphatic rings. The first-order chi connectivity index (χ1) is 15.8. The molecule has 0 saturated carbocycles. The van der Waals surface area contributed by atoms with E-state index in [0.717, 1.165) is 11.1 Å². The van der Waals surface area contributed by atoms with Crippen molar-refractivity contribution in [1.29, 1.82) is 5.26 Å². The molecule has 33 heavy (non-hydrogen) atoms. The molecule has 2 aromatic heterocycles. The number of benzene rings is 2. The Balaban J connectivity index is 1.47. The average Bonchev–Trinajstić information content (AvgIpc) is 3.20. The van der Waals surface area contributed by atoms with Gasteiger partial charge in [0.2, 0.25) is 0 Å². The van der Waals surface area contributed by atoms with Gasteiger partial charge in [0, 0.05) is 25.0 Å². The van der Waals surface area contributed by atoms with Gasteiger partial charge in [0.15, 0.2) is 0 Å². The van der Waals surface area contributed by atoms with Gasteiger partial charge in [-0.25, -0.2) is 13.2 Å². The second kappa shape index (κ2) is 8.81. The Labute approximate surface area is 192 Å². The van der Waals surface area contributed by atoms with Crippen LogP contribution >= 0.6 is 0 Å². The van der Waals surface area contributed by atoms with Gasteiger partial charge >= 0.3 is 5.97 Å². The summed E-state index contributed by atoms with van der Waals surface area (Å²) in [4.78, 5) is 12.7. The second-order valence-electron chi connectivity index (χ2n) is 7.54. The lowest BCUT2D eigenvalue weighted by Crippen LogP contribution is -2.26. The van der Waals surface area contributed by atoms with Crippen molar-refractivity contribution >= 4 is 27.2 Å². The van der Waals surface area contributed by atoms with Crippen LogP contribution in [-0.4, -0.2) is 25.8 Å². The molecule has 166 valence electrons. The number of fused-ring (bicyclic) bond motifs is 1. The van der Waals surface area contributed by atoms with E-state index in [1.807, 2.05) is 31.3 Å². The van der Waals surface area contributed by atoms with E-state index in [1.54, 1.807) is 47.0 Å². The zero-order chi connectivity index (χ0) is 23.6. The summed E-state index contributed by atoms with van der Waals surface area (Å²) in [6.45, 7) is 1.84. The maximum atomic E-state index is 12.9. The molecule has 0 aliphatic carbocycles. The number of ether oxygens (including phenoxy) is 1. The van der Waals surface area contributed by atoms with Gasteiger partial charge in [0.25, 0.3) is 10.0 Å². The van der Waals surface area contributed by atoms with Crippen LogP contribution < -0.4 is 4.31 Å². The number of rotatable bonds is 6. The van der Waals surface area contributed by atoms with Crippen LogP contribution in [0.1, 0.15) is 27.0 Å². The van der Waals surface area contributed by atoms with Crippen molar-refractivity contribution in [2.45, 2.75) is 18.4 Å². The van der Waals surface area contributed by atoms with Crippen LogP contribution in [0.2, 0.25) is 0 Å². The number of esters is 1. The van der Waals surface area contributed by atoms with Crippen molar-refractivity contribution in [3.05, 3.63) is 101 Å². The van der Waals surface area contributed by atoms with Gasteiger partial charge in [-0.15, -0.1) is 0 Å². The van der Waals surface area contributed by atoms with E-state index >= 15 is 0 Å². The fourth-order valence-electron chi connectivity index (χ4n) is 3.46. The van der Waals surface area contributed by atoms with Gasteiger partial charge in [-0.05, 0) is 55.5 Å². The normalized spacial score (nSPS) is 11.2. The molecule has 0 aliphatic heterocycles. The van der Waals surface area contributed by atoms with Crippen LogP contribution in [0.3, 0.4) is 0 Å². The number of carbonyl (C=O) groups is 1. The fraction of sp³-hybridized carbons (Fsp3) is 0.120. The minimum Gasteiger partial charge on any atom is -0.457 e. The number of pyridine rings is 1. The van der Waals surface area contributed by atoms with E-state index in [-0.39, 0.29) is 17.1 Å². The topological polar surface area (TPSA) is 91.9 Å². The summed E-state index contributed by atoms with van der Waals surface area (Å²) in [6, 6.07) is 20.4. The SMILES string of the molecule is Cc1ccc(S(=O)(=O)N(C)c2ccc(C(=O)OCc3cn4ccccc4c3C#N)cc2)cc1. The molecule has 0 atom stereocenters. The summed E-state index contributed by atoms with van der Waals surface area (Å²) in [6.07, 6.45) is 3.58. The highest BCUT2D eigenvalue weighted by Crippen LogP contribution is 2.23. The lowest BCUT2D eigenvalue weighted by molar-refractivity contribution is 0.0472. The molecule has 0 bridgehead atoms. The summed E-state index contributed by atoms with van der Waals surface area (Å²) in [5, 5.41) is 9.47. The molecule has 8 heteroatoms. The quantitative estimate of drug-likeness (QED) is 0.401. The first-order valence-corrected chi connectivity index (χ1v) is 11.6. The molecule has 0 fully saturated rings. The van der Waals surface area contributed by atoms with Crippen molar-refractivity contribution in [2.24, 2.45) is 0 Å². The first-order valence-electron chi connectivity index (χ1n) is 10.1. The highest BCUT2D eigenvalue weighted by atomic mass is 32.2. The molecule has 0 radical (unpaired) electrons. The lowest BCUT2D eigenvalue weighted by Gasteiger charge is -2.19. The van der Waals surface area contributed by atoms with Crippen LogP contribution in [-0.2, 0) is 21.4 Å². The molecule has 4 aromatic rings. The van der Waals surface area contributed by atoms with Gasteiger partial charge in [-0.1, -0.05) is 23.8 Å². The molecule has 0 amide bonds. The molecule has 0 N–H and O–H groups in total. The lowest BCUT2D eigenvalue weighted by atomic mass is 10.2. The maximum Gasteiger partial charge on any atom is 0.338 e. The molecule has 4 rings (SSSR count). The van der Waals surface area contributed by atoms with Gasteiger partial charge in [0.1, 0.15) is 12.7 Å². The Morgan fingerprint density at radius 1 is 1.06 bits per heavy atom. The van der Waals surface area contributed by atoms with Crippen molar-refractivity contribution in [2.75, 3.05) is 11.4 Å². The number of aryl methyl sites for hydroxylation is 1. The summed E-state index contributed by atoms with van der Waals surface area (Å²) in [5.41, 5.74) is 3.47. The smallest absolute Gasteiger partial charge is 0.338 e. The molecule has 0 spiro atoms. The fourth-order valence-corrected chi connectivity index (χ4v) is 4.65. The summed E-state index contributed by atoms with van der Waals surface area (Å²) >= 11 is 0. The molecular formula is C25H21N3O4S. The van der Waals surface area contributed by atoms with Crippen molar-refractivity contribution in [3.63, 3.8) is 0 Å². The Bertz CT molecular complexity index is 1470. The number of nitrogens with zero attached hydrogens (tertiary/aromatic N) is 3. The zero-order valence-electron chi connectivity index (χ0n) is 18.1. The molecule has 0 saturated heterocycles. The van der Waals surface area contributed by atoms with Gasteiger partial charge < -0.3 is 9.14 Å². The minimum atomic E-state index is -3.72. The van der Waals surface area contributed by atoms with Gasteiger partial charge in [-0.3, -0.25) is 4.31 Å². The number of anilines is 1. The summed E-state index contributed by atoms with van der Waals surface area (Å²) < 4.78 is 34.1. The van der Waals surface area contributed by atoms with Crippen molar-refractivity contribution in [1.82, 2.24) is 4.40 Å². The average molecular weight is 460 g/mol. The molecular weight excluding hydrogens is 438 g/mol. The van der Waals surface area contributed by atoms with E-state index in [0.29, 0.717) is 16.8 Å². The molecule has 7 nitrogen and oxygen atoms in total. The van der Waals surface area contributed by atoms with Gasteiger partial charge in [0.05, 0.1) is 27.2 Å². The maximum absolute atomic E-state index is 12.9. The summed E-state index contributed by atoms with van der Waals surface area (Å²) in [5.74, 6) is -0.565. The van der Waals surface area contributed by atoms with E-state index < -0.39 is 16.0 Å². The van der Waals surface area contributed by atoms with Gasteiger partial charge in [-0.2, -0.15) is 5.26 Å². The third-order valence-electron chi connectivity index (χ3n) is 5.38.